The normalized spacial score (nSPS) is 67.0. The molecule has 1 aliphatic rings. The van der Waals surface area contributed by atoms with Gasteiger partial charge >= 0.3 is 0 Å². The van der Waals surface area contributed by atoms with Crippen LogP contribution in [0.25, 0.3) is 0 Å². The third-order valence-electron chi connectivity index (χ3n) is 0.512. The fourth-order valence-corrected chi connectivity index (χ4v) is 0.167. The van der Waals surface area contributed by atoms with E-state index in [0.717, 1.165) is 0 Å². The summed E-state index contributed by atoms with van der Waals surface area (Å²) >= 11 is 0. The van der Waals surface area contributed by atoms with E-state index in [0.29, 0.717) is 0 Å². The van der Waals surface area contributed by atoms with Gasteiger partial charge in [0.2, 0.25) is 0 Å². The number of rotatable bonds is 0. The smallest absolute Gasteiger partial charge is 0.0600 e. The van der Waals surface area contributed by atoms with Gasteiger partial charge in [-0.2, -0.15) is 0 Å². The Hall–Kier alpha value is -0.0400. The van der Waals surface area contributed by atoms with Crippen LogP contribution in [0.1, 0.15) is 26.0 Å². The molecule has 0 unspecified atom stereocenters. The second-order valence-electron chi connectivity index (χ2n) is 0.879. The first-order chi connectivity index (χ1) is 4.21. The molecule has 1 N–H and O–H groups in total. The summed E-state index contributed by atoms with van der Waals surface area (Å²) < 4.78 is 34.5. The van der Waals surface area contributed by atoms with Crippen LogP contribution in [0.5, 0.6) is 0 Å². The van der Waals surface area contributed by atoms with Gasteiger partial charge in [0.15, 0.2) is 0 Å². The molecule has 0 radical (unpaired) electrons. The first-order valence-corrected chi connectivity index (χ1v) is 1.43. The molecule has 1 heteroatoms. The van der Waals surface area contributed by atoms with E-state index in [9.17, 15) is 0 Å². The Morgan fingerprint density at radius 3 is 2.60 bits per heavy atom. The zero-order valence-electron chi connectivity index (χ0n) is 7.65. The Morgan fingerprint density at radius 1 is 2.00 bits per heavy atom. The maximum atomic E-state index is 8.89. The number of hydrogen-bond donors (Lipinski definition) is 1. The lowest BCUT2D eigenvalue weighted by atomic mass is 9.97. The Labute approximate surface area is 38.6 Å². The van der Waals surface area contributed by atoms with Crippen molar-refractivity contribution < 1.29 is 12.0 Å². The molecule has 0 aromatic rings. The van der Waals surface area contributed by atoms with E-state index in [-0.39, 0.29) is 0 Å². The van der Waals surface area contributed by atoms with Gasteiger partial charge in [-0.25, -0.2) is 0 Å². The summed E-state index contributed by atoms with van der Waals surface area (Å²) in [6.45, 7) is 0. The molecule has 1 nitrogen and oxygen atoms in total. The van der Waals surface area contributed by atoms with Crippen molar-refractivity contribution in [2.24, 2.45) is 0 Å². The lowest BCUT2D eigenvalue weighted by Gasteiger charge is -2.17. The summed E-state index contributed by atoms with van der Waals surface area (Å²) in [5, 5.41) is 8.89. The highest BCUT2D eigenvalue weighted by molar-refractivity contribution is 4.65. The summed E-state index contributed by atoms with van der Waals surface area (Å²) in [5.74, 6) is 0. The van der Waals surface area contributed by atoms with Crippen LogP contribution in [-0.2, 0) is 0 Å². The van der Waals surface area contributed by atoms with Gasteiger partial charge in [-0.05, 0) is 19.2 Å². The minimum Gasteiger partial charge on any atom is -0.393 e. The molecule has 0 spiro atoms. The van der Waals surface area contributed by atoms with Crippen LogP contribution < -0.4 is 0 Å². The van der Waals surface area contributed by atoms with Crippen LogP contribution in [0.15, 0.2) is 0 Å². The Balaban J connectivity index is 2.85. The molecule has 1 rings (SSSR count). The molecule has 1 aliphatic carbocycles. The first-order valence-electron chi connectivity index (χ1n) is 3.93. The van der Waals surface area contributed by atoms with Crippen LogP contribution in [0.4, 0.5) is 0 Å². The van der Waals surface area contributed by atoms with Gasteiger partial charge in [0, 0.05) is 5.48 Å². The van der Waals surface area contributed by atoms with E-state index in [1.165, 1.54) is 0 Å². The second-order valence-corrected chi connectivity index (χ2v) is 0.879. The van der Waals surface area contributed by atoms with Crippen LogP contribution in [-0.4, -0.2) is 11.2 Å². The van der Waals surface area contributed by atoms with Crippen molar-refractivity contribution in [2.45, 2.75) is 25.2 Å². The van der Waals surface area contributed by atoms with Gasteiger partial charge in [0.1, 0.15) is 0 Å². The summed E-state index contributed by atoms with van der Waals surface area (Å²) in [6.07, 6.45) is -7.17. The summed E-state index contributed by atoms with van der Waals surface area (Å²) in [5.41, 5.74) is 0. The highest BCUT2D eigenvalue weighted by Crippen LogP contribution is 2.16. The monoisotopic (exact) mass is 77.1 g/mol. The zero-order valence-corrected chi connectivity index (χ0v) is 2.65. The van der Waals surface area contributed by atoms with Crippen LogP contribution in [0, 0.1) is 0 Å². The second kappa shape index (κ2) is 0.977. The highest BCUT2D eigenvalue weighted by atomic mass is 16.3. The average molecular weight is 77.1 g/mol. The van der Waals surface area contributed by atoms with Crippen molar-refractivity contribution >= 4 is 0 Å². The Morgan fingerprint density at radius 2 is 2.60 bits per heavy atom. The predicted octanol–water partition coefficient (Wildman–Crippen LogP) is 0.531. The van der Waals surface area contributed by atoms with Crippen molar-refractivity contribution in [3.8, 4) is 0 Å². The molecule has 0 saturated heterocycles. The molecule has 0 aliphatic heterocycles. The van der Waals surface area contributed by atoms with Gasteiger partial charge in [0.25, 0.3) is 0 Å². The molecular weight excluding hydrogens is 64.0 g/mol. The third-order valence-corrected chi connectivity index (χ3v) is 0.512. The molecule has 1 saturated carbocycles. The van der Waals surface area contributed by atoms with E-state index in [4.69, 9.17) is 12.0 Å². The molecule has 0 atom stereocenters. The van der Waals surface area contributed by atoms with E-state index in [2.05, 4.69) is 0 Å². The average Bonchev–Trinajstić information content (AvgIpc) is 1.61. The molecule has 30 valence electrons. The molecular formula is C4H8O. The van der Waals surface area contributed by atoms with Crippen molar-refractivity contribution in [1.82, 2.24) is 0 Å². The van der Waals surface area contributed by atoms with E-state index in [1.54, 1.807) is 0 Å². The standard InChI is InChI=1S/C4H8O/c5-4-2-1-3-4/h4-5H,1-3H2/i2D2,3D2,4D. The van der Waals surface area contributed by atoms with Gasteiger partial charge < -0.3 is 5.11 Å². The highest BCUT2D eigenvalue weighted by Gasteiger charge is 2.11. The van der Waals surface area contributed by atoms with E-state index in [1.807, 2.05) is 0 Å². The quantitative estimate of drug-likeness (QED) is 0.447. The van der Waals surface area contributed by atoms with E-state index >= 15 is 0 Å². The molecule has 0 amide bonds. The predicted molar refractivity (Wildman–Crippen MR) is 19.9 cm³/mol. The fraction of sp³-hybridized carbons (Fsp3) is 1.00. The van der Waals surface area contributed by atoms with E-state index < -0.39 is 25.2 Å². The number of hydrogen-bond acceptors (Lipinski definition) is 1. The van der Waals surface area contributed by atoms with Gasteiger partial charge in [-0.1, -0.05) is 0 Å². The Bertz CT molecular complexity index is 147. The minimum atomic E-state index is -2.57. The zero-order chi connectivity index (χ0) is 8.21. The minimum absolute atomic E-state index is 0.403. The molecule has 1 fully saturated rings. The van der Waals surface area contributed by atoms with Crippen molar-refractivity contribution in [3.05, 3.63) is 0 Å². The lowest BCUT2D eigenvalue weighted by Crippen LogP contribution is -2.15. The van der Waals surface area contributed by atoms with Gasteiger partial charge in [0.05, 0.1) is 7.45 Å². The van der Waals surface area contributed by atoms with Crippen molar-refractivity contribution in [3.63, 3.8) is 0 Å². The van der Waals surface area contributed by atoms with Gasteiger partial charge in [-0.15, -0.1) is 0 Å². The fourth-order valence-electron chi connectivity index (χ4n) is 0.167. The maximum Gasteiger partial charge on any atom is 0.0600 e. The van der Waals surface area contributed by atoms with Crippen molar-refractivity contribution in [2.75, 3.05) is 0 Å². The van der Waals surface area contributed by atoms with Crippen LogP contribution in [0.3, 0.4) is 0 Å². The number of aliphatic hydroxyl groups is 1. The molecule has 0 aromatic heterocycles. The van der Waals surface area contributed by atoms with Crippen LogP contribution >= 0.6 is 0 Å². The van der Waals surface area contributed by atoms with Gasteiger partial charge in [-0.3, -0.25) is 0 Å². The topological polar surface area (TPSA) is 20.2 Å². The molecule has 5 heavy (non-hydrogen) atoms. The Kier molecular flexibility index (Phi) is 0.153. The largest absolute Gasteiger partial charge is 0.393 e. The lowest BCUT2D eigenvalue weighted by molar-refractivity contribution is 0.0950. The molecule has 0 aromatic carbocycles. The summed E-state index contributed by atoms with van der Waals surface area (Å²) in [6, 6.07) is 0. The SMILES string of the molecule is [2H]C1([2H])CC([2H])([2H])C1([2H])O. The maximum absolute atomic E-state index is 8.89. The summed E-state index contributed by atoms with van der Waals surface area (Å²) in [7, 11) is 0. The first kappa shape index (κ1) is 0.784. The van der Waals surface area contributed by atoms with Crippen LogP contribution in [0.2, 0.25) is 0 Å². The molecule has 0 heterocycles. The van der Waals surface area contributed by atoms with Crippen molar-refractivity contribution in [1.29, 1.82) is 0 Å². The summed E-state index contributed by atoms with van der Waals surface area (Å²) in [4.78, 5) is 0. The third kappa shape index (κ3) is 0.428. The molecule has 0 bridgehead atoms.